The van der Waals surface area contributed by atoms with Crippen LogP contribution in [0.3, 0.4) is 0 Å². The Kier molecular flexibility index (Phi) is 5.41. The lowest BCUT2D eigenvalue weighted by atomic mass is 9.75. The lowest BCUT2D eigenvalue weighted by molar-refractivity contribution is 0.197. The van der Waals surface area contributed by atoms with E-state index in [-0.39, 0.29) is 0 Å². The second kappa shape index (κ2) is 7.86. The monoisotopic (exact) mass is 394 g/mol. The molecule has 0 saturated heterocycles. The molecule has 0 nitrogen and oxygen atoms in total. The summed E-state index contributed by atoms with van der Waals surface area (Å²) in [7, 11) is 0. The number of thioether (sulfide) groups is 1. The van der Waals surface area contributed by atoms with Gasteiger partial charge in [-0.1, -0.05) is 57.4 Å². The molecule has 0 bridgehead atoms. The summed E-state index contributed by atoms with van der Waals surface area (Å²) in [5, 5.41) is 3.38. The van der Waals surface area contributed by atoms with Gasteiger partial charge in [-0.2, -0.15) is 0 Å². The summed E-state index contributed by atoms with van der Waals surface area (Å²) in [5.41, 5.74) is 4.63. The van der Waals surface area contributed by atoms with Gasteiger partial charge in [0.2, 0.25) is 0 Å². The van der Waals surface area contributed by atoms with Gasteiger partial charge in [0.05, 0.1) is 0 Å². The molecule has 152 valence electrons. The van der Waals surface area contributed by atoms with Gasteiger partial charge in [-0.05, 0) is 103 Å². The number of hydrogen-bond acceptors (Lipinski definition) is 1. The Bertz CT molecular complexity index is 734. The second-order valence-electron chi connectivity index (χ2n) is 10.6. The van der Waals surface area contributed by atoms with Crippen LogP contribution in [0.1, 0.15) is 76.3 Å². The average molecular weight is 395 g/mol. The zero-order valence-electron chi connectivity index (χ0n) is 18.1. The molecule has 4 aliphatic rings. The van der Waals surface area contributed by atoms with Crippen LogP contribution in [0.15, 0.2) is 29.7 Å². The lowest BCUT2D eigenvalue weighted by Gasteiger charge is -2.31. The van der Waals surface area contributed by atoms with E-state index in [0.29, 0.717) is 0 Å². The number of allylic oxidation sites excluding steroid dienone is 1. The number of rotatable bonds is 4. The molecular formula is C27H38S. The molecule has 8 atom stereocenters. The molecular weight excluding hydrogens is 356 g/mol. The van der Waals surface area contributed by atoms with Crippen molar-refractivity contribution < 1.29 is 0 Å². The summed E-state index contributed by atoms with van der Waals surface area (Å²) in [6.07, 6.45) is 12.0. The third kappa shape index (κ3) is 3.30. The SMILES string of the molecule is Cc1ccccc1C1=CSC2C1CC(C)C2CCC1C(C)CC2CCCCC21. The van der Waals surface area contributed by atoms with Crippen LogP contribution in [-0.4, -0.2) is 5.25 Å². The topological polar surface area (TPSA) is 0 Å². The van der Waals surface area contributed by atoms with Gasteiger partial charge in [0.15, 0.2) is 0 Å². The van der Waals surface area contributed by atoms with Gasteiger partial charge in [-0.3, -0.25) is 0 Å². The number of fused-ring (bicyclic) bond motifs is 2. The quantitative estimate of drug-likeness (QED) is 0.499. The molecule has 3 fully saturated rings. The van der Waals surface area contributed by atoms with Gasteiger partial charge >= 0.3 is 0 Å². The van der Waals surface area contributed by atoms with Crippen LogP contribution in [0.2, 0.25) is 0 Å². The summed E-state index contributed by atoms with van der Waals surface area (Å²) < 4.78 is 0. The van der Waals surface area contributed by atoms with E-state index in [0.717, 1.165) is 46.7 Å². The standard InChI is InChI=1S/C27H38S/c1-17-8-4-6-10-21(17)26-16-28-27-23(19(3)15-25(26)27)13-12-22-18(2)14-20-9-5-7-11-24(20)22/h4,6,8,10,16,18-20,22-25,27H,5,7,9,11-15H2,1-3H3. The molecule has 1 heterocycles. The van der Waals surface area contributed by atoms with E-state index in [1.54, 1.807) is 12.0 Å². The van der Waals surface area contributed by atoms with E-state index in [1.165, 1.54) is 56.1 Å². The molecule has 8 unspecified atom stereocenters. The Balaban J connectivity index is 1.26. The van der Waals surface area contributed by atoms with Crippen molar-refractivity contribution in [3.63, 3.8) is 0 Å². The molecule has 0 N–H and O–H groups in total. The fourth-order valence-corrected chi connectivity index (χ4v) is 9.39. The summed E-state index contributed by atoms with van der Waals surface area (Å²) in [6, 6.07) is 9.04. The maximum absolute atomic E-state index is 2.58. The highest BCUT2D eigenvalue weighted by atomic mass is 32.2. The number of aryl methyl sites for hydroxylation is 1. The van der Waals surface area contributed by atoms with Crippen LogP contribution in [0.5, 0.6) is 0 Å². The molecule has 1 aromatic rings. The molecule has 1 aliphatic heterocycles. The predicted octanol–water partition coefficient (Wildman–Crippen LogP) is 7.97. The summed E-state index contributed by atoms with van der Waals surface area (Å²) >= 11 is 2.18. The van der Waals surface area contributed by atoms with Gasteiger partial charge in [-0.15, -0.1) is 11.8 Å². The fourth-order valence-electron chi connectivity index (χ4n) is 7.73. The molecule has 0 amide bonds. The Hall–Kier alpha value is -0.690. The van der Waals surface area contributed by atoms with Gasteiger partial charge in [-0.25, -0.2) is 0 Å². The molecule has 0 spiro atoms. The molecule has 1 aromatic carbocycles. The van der Waals surface area contributed by atoms with Crippen LogP contribution in [0, 0.1) is 48.3 Å². The Labute approximate surface area is 177 Å². The zero-order valence-corrected chi connectivity index (χ0v) is 18.9. The largest absolute Gasteiger partial charge is 0.129 e. The minimum absolute atomic E-state index is 0.800. The summed E-state index contributed by atoms with van der Waals surface area (Å²) in [5.74, 6) is 6.81. The third-order valence-corrected chi connectivity index (χ3v) is 10.5. The average Bonchev–Trinajstić information content (AvgIpc) is 3.32. The van der Waals surface area contributed by atoms with E-state index in [1.807, 2.05) is 0 Å². The van der Waals surface area contributed by atoms with E-state index in [4.69, 9.17) is 0 Å². The summed E-state index contributed by atoms with van der Waals surface area (Å²) in [4.78, 5) is 0. The third-order valence-electron chi connectivity index (χ3n) is 9.14. The molecule has 3 saturated carbocycles. The van der Waals surface area contributed by atoms with Gasteiger partial charge in [0, 0.05) is 5.25 Å². The minimum atomic E-state index is 0.800. The van der Waals surface area contributed by atoms with Crippen molar-refractivity contribution in [2.24, 2.45) is 41.4 Å². The molecule has 0 aromatic heterocycles. The van der Waals surface area contributed by atoms with Crippen LogP contribution in [0.4, 0.5) is 0 Å². The normalized spacial score (nSPS) is 42.3. The van der Waals surface area contributed by atoms with Crippen molar-refractivity contribution >= 4 is 17.3 Å². The number of hydrogen-bond donors (Lipinski definition) is 0. The van der Waals surface area contributed by atoms with Crippen LogP contribution in [0.25, 0.3) is 5.57 Å². The first kappa shape index (κ1) is 19.3. The smallest absolute Gasteiger partial charge is 0.0188 e. The Morgan fingerprint density at radius 1 is 0.929 bits per heavy atom. The second-order valence-corrected chi connectivity index (χ2v) is 11.7. The van der Waals surface area contributed by atoms with Gasteiger partial charge in [0.1, 0.15) is 0 Å². The van der Waals surface area contributed by atoms with Crippen molar-refractivity contribution in [3.8, 4) is 0 Å². The van der Waals surface area contributed by atoms with Crippen molar-refractivity contribution in [1.82, 2.24) is 0 Å². The highest BCUT2D eigenvalue weighted by molar-refractivity contribution is 8.03. The first-order valence-electron chi connectivity index (χ1n) is 12.0. The van der Waals surface area contributed by atoms with Crippen LogP contribution >= 0.6 is 11.8 Å². The van der Waals surface area contributed by atoms with Crippen LogP contribution < -0.4 is 0 Å². The molecule has 0 radical (unpaired) electrons. The van der Waals surface area contributed by atoms with E-state index < -0.39 is 0 Å². The van der Waals surface area contributed by atoms with Gasteiger partial charge < -0.3 is 0 Å². The van der Waals surface area contributed by atoms with E-state index in [2.05, 4.69) is 62.2 Å². The van der Waals surface area contributed by atoms with Crippen molar-refractivity contribution in [3.05, 3.63) is 40.8 Å². The Morgan fingerprint density at radius 2 is 1.68 bits per heavy atom. The highest BCUT2D eigenvalue weighted by Gasteiger charge is 2.47. The first-order chi connectivity index (χ1) is 13.6. The first-order valence-corrected chi connectivity index (χ1v) is 13.0. The number of benzene rings is 1. The molecule has 3 aliphatic carbocycles. The van der Waals surface area contributed by atoms with Crippen molar-refractivity contribution in [2.45, 2.75) is 77.4 Å². The predicted molar refractivity (Wildman–Crippen MR) is 123 cm³/mol. The maximum atomic E-state index is 2.58. The van der Waals surface area contributed by atoms with Crippen molar-refractivity contribution in [1.29, 1.82) is 0 Å². The highest BCUT2D eigenvalue weighted by Crippen LogP contribution is 2.57. The van der Waals surface area contributed by atoms with Gasteiger partial charge in [0.25, 0.3) is 0 Å². The fraction of sp³-hybridized carbons (Fsp3) is 0.704. The Morgan fingerprint density at radius 3 is 2.54 bits per heavy atom. The summed E-state index contributed by atoms with van der Waals surface area (Å²) in [6.45, 7) is 7.42. The van der Waals surface area contributed by atoms with E-state index >= 15 is 0 Å². The zero-order chi connectivity index (χ0) is 19.3. The molecule has 28 heavy (non-hydrogen) atoms. The molecule has 5 rings (SSSR count). The maximum Gasteiger partial charge on any atom is 0.0188 e. The minimum Gasteiger partial charge on any atom is -0.129 e. The van der Waals surface area contributed by atoms with Crippen LogP contribution in [-0.2, 0) is 0 Å². The van der Waals surface area contributed by atoms with Crippen molar-refractivity contribution in [2.75, 3.05) is 0 Å². The lowest BCUT2D eigenvalue weighted by Crippen LogP contribution is -2.23. The molecule has 1 heteroatoms. The van der Waals surface area contributed by atoms with E-state index in [9.17, 15) is 0 Å².